The molecule has 1 atom stereocenters. The van der Waals surface area contributed by atoms with Crippen molar-refractivity contribution in [3.8, 4) is 40.3 Å². The smallest absolute Gasteiger partial charge is 0.228 e. The van der Waals surface area contributed by atoms with Crippen LogP contribution in [0, 0.1) is 0 Å². The van der Waals surface area contributed by atoms with Crippen LogP contribution in [0.2, 0.25) is 0 Å². The maximum absolute atomic E-state index is 11.2. The summed E-state index contributed by atoms with van der Waals surface area (Å²) in [4.78, 5) is 9.66. The molecule has 8 heteroatoms. The van der Waals surface area contributed by atoms with Gasteiger partial charge in [0.25, 0.3) is 0 Å². The van der Waals surface area contributed by atoms with Crippen LogP contribution < -0.4 is 14.2 Å². The largest absolute Gasteiger partial charge is 0.507 e. The lowest BCUT2D eigenvalue weighted by molar-refractivity contribution is 0.354. The van der Waals surface area contributed by atoms with Gasteiger partial charge in [-0.25, -0.2) is 14.5 Å². The predicted molar refractivity (Wildman–Crippen MR) is 160 cm³/mol. The first-order valence-electron chi connectivity index (χ1n) is 13.5. The summed E-state index contributed by atoms with van der Waals surface area (Å²) in [7, 11) is 3.25. The van der Waals surface area contributed by atoms with Gasteiger partial charge in [0.05, 0.1) is 25.3 Å². The summed E-state index contributed by atoms with van der Waals surface area (Å²) in [6.45, 7) is 0. The summed E-state index contributed by atoms with van der Waals surface area (Å²) in [6.07, 6.45) is 1.60. The lowest BCUT2D eigenvalue weighted by Crippen LogP contribution is -2.15. The average Bonchev–Trinajstić information content (AvgIpc) is 3.48. The Kier molecular flexibility index (Phi) is 5.30. The number of ether oxygens (including phenoxy) is 3. The number of phenols is 1. The van der Waals surface area contributed by atoms with E-state index in [-0.39, 0.29) is 11.7 Å². The highest BCUT2D eigenvalue weighted by molar-refractivity contribution is 5.94. The van der Waals surface area contributed by atoms with Crippen molar-refractivity contribution < 1.29 is 19.3 Å². The Bertz CT molecular complexity index is 2190. The fourth-order valence-electron chi connectivity index (χ4n) is 6.02. The average molecular weight is 553 g/mol. The van der Waals surface area contributed by atoms with Gasteiger partial charge in [-0.1, -0.05) is 66.7 Å². The Morgan fingerprint density at radius 2 is 1.52 bits per heavy atom. The van der Waals surface area contributed by atoms with Crippen molar-refractivity contribution in [2.75, 3.05) is 14.2 Å². The number of aromatic nitrogens is 4. The van der Waals surface area contributed by atoms with Crippen molar-refractivity contribution in [1.29, 1.82) is 0 Å². The summed E-state index contributed by atoms with van der Waals surface area (Å²) in [6, 6.07) is 29.7. The highest BCUT2D eigenvalue weighted by Gasteiger charge is 2.35. The first-order valence-corrected chi connectivity index (χ1v) is 13.5. The van der Waals surface area contributed by atoms with E-state index in [4.69, 9.17) is 24.3 Å². The van der Waals surface area contributed by atoms with Crippen molar-refractivity contribution in [3.63, 3.8) is 0 Å². The minimum Gasteiger partial charge on any atom is -0.507 e. The number of fused-ring (bicyclic) bond motifs is 7. The summed E-state index contributed by atoms with van der Waals surface area (Å²) >= 11 is 0. The van der Waals surface area contributed by atoms with E-state index >= 15 is 0 Å². The molecule has 3 heterocycles. The first kappa shape index (κ1) is 24.2. The molecular formula is C34H24N4O4. The minimum absolute atomic E-state index is 0.134. The molecule has 0 amide bonds. The van der Waals surface area contributed by atoms with E-state index in [2.05, 4.69) is 23.2 Å². The molecule has 0 fully saturated rings. The fourth-order valence-corrected chi connectivity index (χ4v) is 6.02. The zero-order valence-corrected chi connectivity index (χ0v) is 22.8. The van der Waals surface area contributed by atoms with Gasteiger partial charge in [-0.2, -0.15) is 0 Å². The number of rotatable bonds is 4. The molecule has 204 valence electrons. The SMILES string of the molecule is COc1ccc([C@H]2c3c(ccc4ccccc34)Oc3ncn4nc(-c5ccc6ccccc6c5O)nc4c32)cc1OC. The third-order valence-electron chi connectivity index (χ3n) is 7.98. The first-order chi connectivity index (χ1) is 20.6. The van der Waals surface area contributed by atoms with Gasteiger partial charge in [-0.05, 0) is 46.0 Å². The number of nitrogens with zero attached hydrogens (tertiary/aromatic N) is 4. The number of hydrogen-bond acceptors (Lipinski definition) is 7. The van der Waals surface area contributed by atoms with E-state index in [1.54, 1.807) is 25.1 Å². The van der Waals surface area contributed by atoms with Crippen LogP contribution in [0.3, 0.4) is 0 Å². The summed E-state index contributed by atoms with van der Waals surface area (Å²) < 4.78 is 19.3. The highest BCUT2D eigenvalue weighted by atomic mass is 16.5. The van der Waals surface area contributed by atoms with Crippen molar-refractivity contribution in [3.05, 3.63) is 114 Å². The molecule has 8 nitrogen and oxygen atoms in total. The standard InChI is InChI=1S/C34H24N4O4/c1-40-25-15-13-21(17-27(25)41-2)28-29-22-9-5-3-7-19(22)12-16-26(29)42-34-30(28)33-36-32(37-38(33)18-35-34)24-14-11-20-8-4-6-10-23(20)31(24)39/h3-18,28,39H,1-2H3/t28-/m0/s1. The van der Waals surface area contributed by atoms with Crippen molar-refractivity contribution in [2.45, 2.75) is 5.92 Å². The quantitative estimate of drug-likeness (QED) is 0.249. The molecule has 0 aliphatic carbocycles. The van der Waals surface area contributed by atoms with E-state index in [1.165, 1.54) is 0 Å². The highest BCUT2D eigenvalue weighted by Crippen LogP contribution is 2.51. The molecular weight excluding hydrogens is 528 g/mol. The molecule has 42 heavy (non-hydrogen) atoms. The second kappa shape index (κ2) is 9.21. The molecule has 5 aromatic carbocycles. The monoisotopic (exact) mass is 552 g/mol. The predicted octanol–water partition coefficient (Wildman–Crippen LogP) is 7.11. The van der Waals surface area contributed by atoms with Gasteiger partial charge < -0.3 is 19.3 Å². The Morgan fingerprint density at radius 1 is 0.786 bits per heavy atom. The number of hydrogen-bond donors (Lipinski definition) is 1. The van der Waals surface area contributed by atoms with Crippen molar-refractivity contribution >= 4 is 27.2 Å². The van der Waals surface area contributed by atoms with Crippen LogP contribution in [0.5, 0.6) is 28.9 Å². The van der Waals surface area contributed by atoms with E-state index in [0.29, 0.717) is 34.4 Å². The zero-order valence-electron chi connectivity index (χ0n) is 22.8. The van der Waals surface area contributed by atoms with Crippen LogP contribution in [0.1, 0.15) is 22.6 Å². The molecule has 0 saturated carbocycles. The van der Waals surface area contributed by atoms with Gasteiger partial charge in [-0.3, -0.25) is 0 Å². The summed E-state index contributed by atoms with van der Waals surface area (Å²) in [5.74, 6) is 2.65. The van der Waals surface area contributed by atoms with Crippen molar-refractivity contribution in [1.82, 2.24) is 19.6 Å². The lowest BCUT2D eigenvalue weighted by atomic mass is 9.81. The van der Waals surface area contributed by atoms with Gasteiger partial charge >= 0.3 is 0 Å². The van der Waals surface area contributed by atoms with E-state index in [0.717, 1.165) is 44.0 Å². The molecule has 1 N–H and O–H groups in total. The molecule has 0 bridgehead atoms. The lowest BCUT2D eigenvalue weighted by Gasteiger charge is -2.29. The van der Waals surface area contributed by atoms with Gasteiger partial charge in [0.2, 0.25) is 5.88 Å². The van der Waals surface area contributed by atoms with Crippen LogP contribution in [-0.2, 0) is 0 Å². The van der Waals surface area contributed by atoms with Gasteiger partial charge in [0, 0.05) is 16.9 Å². The van der Waals surface area contributed by atoms with Crippen LogP contribution in [0.4, 0.5) is 0 Å². The van der Waals surface area contributed by atoms with Gasteiger partial charge in [-0.15, -0.1) is 5.10 Å². The Balaban J connectivity index is 1.41. The number of methoxy groups -OCH3 is 2. The topological polar surface area (TPSA) is 91.0 Å². The molecule has 8 rings (SSSR count). The molecule has 0 spiro atoms. The third-order valence-corrected chi connectivity index (χ3v) is 7.98. The minimum atomic E-state index is -0.312. The van der Waals surface area contributed by atoms with Crippen LogP contribution >= 0.6 is 0 Å². The van der Waals surface area contributed by atoms with E-state index in [1.807, 2.05) is 72.8 Å². The number of phenolic OH excluding ortho intramolecular Hbond substituents is 1. The number of aromatic hydroxyl groups is 1. The van der Waals surface area contributed by atoms with Crippen molar-refractivity contribution in [2.24, 2.45) is 0 Å². The molecule has 2 aromatic heterocycles. The Morgan fingerprint density at radius 3 is 2.33 bits per heavy atom. The molecule has 1 aliphatic rings. The molecule has 0 radical (unpaired) electrons. The molecule has 0 saturated heterocycles. The van der Waals surface area contributed by atoms with Gasteiger partial charge in [0.15, 0.2) is 23.0 Å². The molecule has 0 unspecified atom stereocenters. The molecule has 7 aromatic rings. The zero-order chi connectivity index (χ0) is 28.4. The number of benzene rings is 5. The summed E-state index contributed by atoms with van der Waals surface area (Å²) in [5, 5.41) is 19.8. The van der Waals surface area contributed by atoms with Crippen LogP contribution in [0.25, 0.3) is 38.6 Å². The summed E-state index contributed by atoms with van der Waals surface area (Å²) in [5.41, 5.74) is 3.86. The normalized spacial score (nSPS) is 14.0. The van der Waals surface area contributed by atoms with Gasteiger partial charge in [0.1, 0.15) is 17.8 Å². The second-order valence-electron chi connectivity index (χ2n) is 10.2. The third kappa shape index (κ3) is 3.51. The van der Waals surface area contributed by atoms with Crippen LogP contribution in [-0.4, -0.2) is 38.9 Å². The Labute approximate surface area is 240 Å². The maximum atomic E-state index is 11.2. The van der Waals surface area contributed by atoms with E-state index in [9.17, 15) is 5.11 Å². The van der Waals surface area contributed by atoms with Crippen LogP contribution in [0.15, 0.2) is 97.3 Å². The van der Waals surface area contributed by atoms with E-state index < -0.39 is 0 Å². The fraction of sp³-hybridized carbons (Fsp3) is 0.0882. The Hall–Kier alpha value is -5.63. The molecule has 1 aliphatic heterocycles. The maximum Gasteiger partial charge on any atom is 0.228 e. The second-order valence-corrected chi connectivity index (χ2v) is 10.2.